The molecular weight excluding hydrogens is 384 g/mol. The van der Waals surface area contributed by atoms with E-state index in [1.807, 2.05) is 12.1 Å². The molecule has 5 aromatic carbocycles. The number of aryl methyl sites for hydroxylation is 2. The molecule has 0 fully saturated rings. The molecule has 0 saturated carbocycles. The van der Waals surface area contributed by atoms with E-state index in [2.05, 4.69) is 135 Å². The highest BCUT2D eigenvalue weighted by Crippen LogP contribution is 2.25. The van der Waals surface area contributed by atoms with Gasteiger partial charge in [0.15, 0.2) is 0 Å². The molecule has 0 amide bonds. The summed E-state index contributed by atoms with van der Waals surface area (Å²) >= 11 is 0. The Kier molecular flexibility index (Phi) is 6.94. The van der Waals surface area contributed by atoms with Crippen LogP contribution in [0, 0.1) is 13.8 Å². The number of hydrogen-bond acceptors (Lipinski definition) is 0. The molecule has 0 heterocycles. The van der Waals surface area contributed by atoms with E-state index in [4.69, 9.17) is 0 Å². The Morgan fingerprint density at radius 2 is 0.469 bits per heavy atom. The second-order valence-corrected chi connectivity index (χ2v) is 8.04. The van der Waals surface area contributed by atoms with E-state index < -0.39 is 0 Å². The van der Waals surface area contributed by atoms with Crippen molar-refractivity contribution in [3.05, 3.63) is 145 Å². The fourth-order valence-electron chi connectivity index (χ4n) is 3.61. The molecule has 5 aromatic rings. The highest BCUT2D eigenvalue weighted by Gasteiger charge is 1.99. The molecule has 0 bridgehead atoms. The summed E-state index contributed by atoms with van der Waals surface area (Å²) < 4.78 is 0. The first-order chi connectivity index (χ1) is 15.7. The molecule has 0 nitrogen and oxygen atoms in total. The van der Waals surface area contributed by atoms with Gasteiger partial charge in [0.25, 0.3) is 0 Å². The Hall–Kier alpha value is -3.90. The quantitative estimate of drug-likeness (QED) is 0.277. The first kappa shape index (κ1) is 21.3. The lowest BCUT2D eigenvalue weighted by atomic mass is 10.00. The van der Waals surface area contributed by atoms with Crippen molar-refractivity contribution in [3.63, 3.8) is 0 Å². The molecule has 0 atom stereocenters. The second kappa shape index (κ2) is 10.4. The van der Waals surface area contributed by atoms with Crippen molar-refractivity contribution in [1.29, 1.82) is 0 Å². The topological polar surface area (TPSA) is 0 Å². The molecule has 0 aliphatic heterocycles. The van der Waals surface area contributed by atoms with Crippen molar-refractivity contribution >= 4 is 0 Å². The monoisotopic (exact) mass is 412 g/mol. The summed E-state index contributed by atoms with van der Waals surface area (Å²) in [5, 5.41) is 0. The summed E-state index contributed by atoms with van der Waals surface area (Å²) in [6.45, 7) is 4.22. The fraction of sp³-hybridized carbons (Fsp3) is 0.0625. The predicted octanol–water partition coefficient (Wildman–Crippen LogP) is 8.99. The highest BCUT2D eigenvalue weighted by molar-refractivity contribution is 5.70. The molecule has 0 aliphatic carbocycles. The minimum atomic E-state index is 1.26. The van der Waals surface area contributed by atoms with Gasteiger partial charge < -0.3 is 0 Å². The fourth-order valence-corrected chi connectivity index (χ4v) is 3.61. The molecule has 0 aromatic heterocycles. The SMILES string of the molecule is Cc1ccc(-c2ccc(-c3ccccc3)cc2)cc1.Cc1ccc(-c2ccccc2)cc1. The van der Waals surface area contributed by atoms with Crippen molar-refractivity contribution < 1.29 is 0 Å². The van der Waals surface area contributed by atoms with Gasteiger partial charge in [-0.25, -0.2) is 0 Å². The number of benzene rings is 5. The minimum Gasteiger partial charge on any atom is -0.0622 e. The minimum absolute atomic E-state index is 1.26. The smallest absolute Gasteiger partial charge is 0.0184 e. The largest absolute Gasteiger partial charge is 0.0622 e. The maximum absolute atomic E-state index is 2.19. The number of rotatable bonds is 3. The van der Waals surface area contributed by atoms with Gasteiger partial charge in [0.05, 0.1) is 0 Å². The van der Waals surface area contributed by atoms with Gasteiger partial charge in [-0.1, -0.05) is 145 Å². The standard InChI is InChI=1S/C19H16.C13H12/c1-15-7-9-17(10-8-15)19-13-11-18(12-14-19)16-5-3-2-4-6-16;1-11-7-9-13(10-8-11)12-5-3-2-4-6-12/h2-14H,1H3;2-10H,1H3. The predicted molar refractivity (Wildman–Crippen MR) is 139 cm³/mol. The first-order valence-electron chi connectivity index (χ1n) is 11.0. The van der Waals surface area contributed by atoms with E-state index in [0.29, 0.717) is 0 Å². The Balaban J connectivity index is 0.000000165. The molecule has 0 spiro atoms. The molecule has 156 valence electrons. The molecule has 0 heteroatoms. The van der Waals surface area contributed by atoms with Gasteiger partial charge in [0, 0.05) is 0 Å². The Morgan fingerprint density at radius 1 is 0.250 bits per heavy atom. The summed E-state index contributed by atoms with van der Waals surface area (Å²) in [5.41, 5.74) is 10.2. The third kappa shape index (κ3) is 5.62. The highest BCUT2D eigenvalue weighted by atomic mass is 14.0. The van der Waals surface area contributed by atoms with Crippen LogP contribution in [0.4, 0.5) is 0 Å². The first-order valence-corrected chi connectivity index (χ1v) is 11.0. The zero-order chi connectivity index (χ0) is 22.2. The molecule has 0 radical (unpaired) electrons. The van der Waals surface area contributed by atoms with Gasteiger partial charge in [-0.05, 0) is 47.2 Å². The van der Waals surface area contributed by atoms with E-state index in [9.17, 15) is 0 Å². The molecule has 0 N–H and O–H groups in total. The van der Waals surface area contributed by atoms with E-state index in [1.54, 1.807) is 0 Å². The zero-order valence-corrected chi connectivity index (χ0v) is 18.7. The summed E-state index contributed by atoms with van der Waals surface area (Å²) in [5.74, 6) is 0. The van der Waals surface area contributed by atoms with Crippen LogP contribution in [0.15, 0.2) is 133 Å². The average molecular weight is 413 g/mol. The van der Waals surface area contributed by atoms with Crippen LogP contribution in [0.25, 0.3) is 33.4 Å². The molecule has 0 aliphatic rings. The molecular formula is C32H28. The molecule has 0 unspecified atom stereocenters. The summed E-state index contributed by atoms with van der Waals surface area (Å²) in [6.07, 6.45) is 0. The van der Waals surface area contributed by atoms with Crippen LogP contribution >= 0.6 is 0 Å². The van der Waals surface area contributed by atoms with Crippen molar-refractivity contribution in [2.75, 3.05) is 0 Å². The average Bonchev–Trinajstić information content (AvgIpc) is 2.87. The van der Waals surface area contributed by atoms with E-state index in [0.717, 1.165) is 0 Å². The lowest BCUT2D eigenvalue weighted by Gasteiger charge is -2.05. The normalized spacial score (nSPS) is 10.2. The molecule has 0 saturated heterocycles. The van der Waals surface area contributed by atoms with Crippen molar-refractivity contribution in [1.82, 2.24) is 0 Å². The van der Waals surface area contributed by atoms with Crippen LogP contribution in [0.1, 0.15) is 11.1 Å². The maximum atomic E-state index is 2.19. The van der Waals surface area contributed by atoms with E-state index >= 15 is 0 Å². The zero-order valence-electron chi connectivity index (χ0n) is 18.7. The van der Waals surface area contributed by atoms with E-state index in [1.165, 1.54) is 44.5 Å². The van der Waals surface area contributed by atoms with Gasteiger partial charge in [0.2, 0.25) is 0 Å². The van der Waals surface area contributed by atoms with Crippen molar-refractivity contribution in [2.24, 2.45) is 0 Å². The number of hydrogen-bond donors (Lipinski definition) is 0. The van der Waals surface area contributed by atoms with Gasteiger partial charge >= 0.3 is 0 Å². The Morgan fingerprint density at radius 3 is 0.750 bits per heavy atom. The summed E-state index contributed by atoms with van der Waals surface area (Å²) in [7, 11) is 0. The lowest BCUT2D eigenvalue weighted by Crippen LogP contribution is -1.80. The van der Waals surface area contributed by atoms with Crippen LogP contribution in [-0.2, 0) is 0 Å². The van der Waals surface area contributed by atoms with Crippen LogP contribution in [0.2, 0.25) is 0 Å². The van der Waals surface area contributed by atoms with Crippen molar-refractivity contribution in [2.45, 2.75) is 13.8 Å². The third-order valence-electron chi connectivity index (χ3n) is 5.54. The Bertz CT molecular complexity index is 1220. The summed E-state index contributed by atoms with van der Waals surface area (Å²) in [6, 6.07) is 46.9. The van der Waals surface area contributed by atoms with Crippen LogP contribution < -0.4 is 0 Å². The lowest BCUT2D eigenvalue weighted by molar-refractivity contribution is 1.47. The Labute approximate surface area is 191 Å². The van der Waals surface area contributed by atoms with Gasteiger partial charge in [-0.2, -0.15) is 0 Å². The second-order valence-electron chi connectivity index (χ2n) is 8.04. The van der Waals surface area contributed by atoms with Gasteiger partial charge in [-0.15, -0.1) is 0 Å². The third-order valence-corrected chi connectivity index (χ3v) is 5.54. The summed E-state index contributed by atoms with van der Waals surface area (Å²) in [4.78, 5) is 0. The van der Waals surface area contributed by atoms with Crippen LogP contribution in [0.5, 0.6) is 0 Å². The van der Waals surface area contributed by atoms with Crippen LogP contribution in [-0.4, -0.2) is 0 Å². The molecule has 5 rings (SSSR count). The van der Waals surface area contributed by atoms with Gasteiger partial charge in [-0.3, -0.25) is 0 Å². The van der Waals surface area contributed by atoms with Crippen molar-refractivity contribution in [3.8, 4) is 33.4 Å². The maximum Gasteiger partial charge on any atom is -0.0184 e. The van der Waals surface area contributed by atoms with E-state index in [-0.39, 0.29) is 0 Å². The molecule has 32 heavy (non-hydrogen) atoms. The van der Waals surface area contributed by atoms with Crippen LogP contribution in [0.3, 0.4) is 0 Å². The van der Waals surface area contributed by atoms with Gasteiger partial charge in [0.1, 0.15) is 0 Å².